The van der Waals surface area contributed by atoms with Crippen LogP contribution in [-0.2, 0) is 9.59 Å². The number of carboxylic acids is 1. The first kappa shape index (κ1) is 23.6. The molecule has 0 heterocycles. The van der Waals surface area contributed by atoms with Gasteiger partial charge in [-0.15, -0.1) is 0 Å². The van der Waals surface area contributed by atoms with E-state index in [1.165, 1.54) is 18.4 Å². The minimum absolute atomic E-state index is 0.0312. The van der Waals surface area contributed by atoms with E-state index in [-0.39, 0.29) is 27.6 Å². The van der Waals surface area contributed by atoms with Gasteiger partial charge in [0.05, 0.1) is 5.41 Å². The van der Waals surface area contributed by atoms with Gasteiger partial charge < -0.3 is 5.11 Å². The fourth-order valence-electron chi connectivity index (χ4n) is 10.9. The number of carboxylic acid groups (broad SMARTS) is 1. The van der Waals surface area contributed by atoms with Gasteiger partial charge in [-0.1, -0.05) is 60.1 Å². The standard InChI is InChI=1S/C30H46O3/c1-18-10-13-30(25(32)33)15-14-28(6)21(24(30)19(18)2)8-9-23-27(5)17-20(31)16-26(3,4)22(27)11-12-29(23,28)7/h8,18-19,22-24H,9-17H2,1-7H3,(H,32,33)/t18-,19+,22?,23-,24+,27+,28-,29-,30+/m1/s1. The van der Waals surface area contributed by atoms with Crippen LogP contribution in [0.1, 0.15) is 106 Å². The first-order valence-electron chi connectivity index (χ1n) is 13.7. The number of carbonyl (C=O) groups is 2. The van der Waals surface area contributed by atoms with Crippen molar-refractivity contribution in [2.75, 3.05) is 0 Å². The second kappa shape index (κ2) is 6.97. The van der Waals surface area contributed by atoms with Crippen LogP contribution in [0, 0.1) is 56.7 Å². The molecule has 0 amide bonds. The normalized spacial score (nSPS) is 53.1. The van der Waals surface area contributed by atoms with Crippen molar-refractivity contribution in [3.8, 4) is 0 Å². The lowest BCUT2D eigenvalue weighted by molar-refractivity contribution is -0.190. The van der Waals surface area contributed by atoms with Gasteiger partial charge in [-0.3, -0.25) is 9.59 Å². The smallest absolute Gasteiger partial charge is 0.310 e. The third-order valence-corrected chi connectivity index (χ3v) is 12.9. The molecule has 3 nitrogen and oxygen atoms in total. The maximum Gasteiger partial charge on any atom is 0.310 e. The van der Waals surface area contributed by atoms with E-state index >= 15 is 0 Å². The highest BCUT2D eigenvalue weighted by molar-refractivity contribution is 5.81. The van der Waals surface area contributed by atoms with E-state index in [9.17, 15) is 14.7 Å². The molecule has 0 radical (unpaired) electrons. The Labute approximate surface area is 201 Å². The summed E-state index contributed by atoms with van der Waals surface area (Å²) in [4.78, 5) is 25.8. The molecular weight excluding hydrogens is 408 g/mol. The molecule has 0 saturated heterocycles. The summed E-state index contributed by atoms with van der Waals surface area (Å²) in [5.41, 5.74) is 1.19. The summed E-state index contributed by atoms with van der Waals surface area (Å²) < 4.78 is 0. The second-order valence-electron chi connectivity index (χ2n) is 14.5. The van der Waals surface area contributed by atoms with Gasteiger partial charge in [0.1, 0.15) is 5.78 Å². The quantitative estimate of drug-likeness (QED) is 0.423. The van der Waals surface area contributed by atoms with Crippen molar-refractivity contribution in [1.82, 2.24) is 0 Å². The number of Topliss-reactive ketones (excluding diaryl/α,β-unsaturated/α-hetero) is 1. The van der Waals surface area contributed by atoms with Gasteiger partial charge in [0, 0.05) is 12.8 Å². The fraction of sp³-hybridized carbons (Fsp3) is 0.867. The van der Waals surface area contributed by atoms with E-state index in [4.69, 9.17) is 0 Å². The maximum atomic E-state index is 13.0. The Bertz CT molecular complexity index is 916. The molecule has 1 N–H and O–H groups in total. The molecule has 5 aliphatic rings. The van der Waals surface area contributed by atoms with Crippen molar-refractivity contribution < 1.29 is 14.7 Å². The van der Waals surface area contributed by atoms with Crippen molar-refractivity contribution in [3.05, 3.63) is 11.6 Å². The highest BCUT2D eigenvalue weighted by atomic mass is 16.4. The highest BCUT2D eigenvalue weighted by Gasteiger charge is 2.69. The second-order valence-corrected chi connectivity index (χ2v) is 14.5. The molecular formula is C30H46O3. The Morgan fingerprint density at radius 3 is 2.30 bits per heavy atom. The Hall–Kier alpha value is -1.12. The summed E-state index contributed by atoms with van der Waals surface area (Å²) in [5.74, 6) is 2.11. The van der Waals surface area contributed by atoms with Gasteiger partial charge in [0.25, 0.3) is 0 Å². The van der Waals surface area contributed by atoms with E-state index in [1.807, 2.05) is 0 Å². The van der Waals surface area contributed by atoms with Gasteiger partial charge in [0.15, 0.2) is 0 Å². The number of carbonyl (C=O) groups excluding carboxylic acids is 1. The zero-order chi connectivity index (χ0) is 24.2. The molecule has 0 spiro atoms. The van der Waals surface area contributed by atoms with Gasteiger partial charge >= 0.3 is 5.97 Å². The van der Waals surface area contributed by atoms with E-state index in [2.05, 4.69) is 54.5 Å². The van der Waals surface area contributed by atoms with Gasteiger partial charge in [-0.2, -0.15) is 0 Å². The minimum atomic E-state index is -0.579. The molecule has 0 aliphatic heterocycles. The Kier molecular flexibility index (Phi) is 4.99. The van der Waals surface area contributed by atoms with Crippen LogP contribution in [0.5, 0.6) is 0 Å². The van der Waals surface area contributed by atoms with Crippen LogP contribution < -0.4 is 0 Å². The number of hydrogen-bond acceptors (Lipinski definition) is 2. The van der Waals surface area contributed by atoms with Crippen molar-refractivity contribution >= 4 is 11.8 Å². The van der Waals surface area contributed by atoms with Crippen LogP contribution in [0.2, 0.25) is 0 Å². The predicted molar refractivity (Wildman–Crippen MR) is 132 cm³/mol. The number of allylic oxidation sites excluding steroid dienone is 2. The molecule has 5 aliphatic carbocycles. The lowest BCUT2D eigenvalue weighted by Crippen LogP contribution is -2.64. The highest BCUT2D eigenvalue weighted by Crippen LogP contribution is 2.75. The Morgan fingerprint density at radius 1 is 0.939 bits per heavy atom. The molecule has 184 valence electrons. The third-order valence-electron chi connectivity index (χ3n) is 12.9. The zero-order valence-electron chi connectivity index (χ0n) is 22.1. The van der Waals surface area contributed by atoms with Crippen molar-refractivity contribution in [2.24, 2.45) is 56.7 Å². The lowest BCUT2D eigenvalue weighted by Gasteiger charge is -2.70. The molecule has 0 aromatic heterocycles. The number of hydrogen-bond donors (Lipinski definition) is 1. The van der Waals surface area contributed by atoms with Crippen molar-refractivity contribution in [1.29, 1.82) is 0 Å². The number of aliphatic carboxylic acids is 1. The van der Waals surface area contributed by atoms with E-state index in [0.29, 0.717) is 29.5 Å². The molecule has 4 fully saturated rings. The SMILES string of the molecule is C[C@H]1[C@H](C)CC[C@]2(C(=O)O)CC[C@]3(C)C(=CC[C@@H]4[C@@]5(C)CC(=O)CC(C)(C)C5CC[C@]43C)[C@H]12. The topological polar surface area (TPSA) is 54.4 Å². The van der Waals surface area contributed by atoms with Crippen LogP contribution in [0.4, 0.5) is 0 Å². The van der Waals surface area contributed by atoms with Crippen molar-refractivity contribution in [2.45, 2.75) is 106 Å². The largest absolute Gasteiger partial charge is 0.481 e. The average Bonchev–Trinajstić information content (AvgIpc) is 2.69. The first-order chi connectivity index (χ1) is 15.2. The van der Waals surface area contributed by atoms with E-state index in [1.54, 1.807) is 0 Å². The van der Waals surface area contributed by atoms with Gasteiger partial charge in [0.2, 0.25) is 0 Å². The van der Waals surface area contributed by atoms with Crippen LogP contribution in [0.15, 0.2) is 11.6 Å². The number of rotatable bonds is 1. The lowest BCUT2D eigenvalue weighted by atomic mass is 9.33. The van der Waals surface area contributed by atoms with Crippen LogP contribution in [0.3, 0.4) is 0 Å². The summed E-state index contributed by atoms with van der Waals surface area (Å²) in [6.07, 6.45) is 11.1. The zero-order valence-corrected chi connectivity index (χ0v) is 22.1. The van der Waals surface area contributed by atoms with Crippen LogP contribution in [0.25, 0.3) is 0 Å². The molecule has 3 heteroatoms. The number of ketones is 1. The first-order valence-corrected chi connectivity index (χ1v) is 13.7. The van der Waals surface area contributed by atoms with E-state index in [0.717, 1.165) is 44.9 Å². The molecule has 0 bridgehead atoms. The predicted octanol–water partition coefficient (Wildman–Crippen LogP) is 7.30. The molecule has 1 unspecified atom stereocenters. The molecule has 0 aromatic carbocycles. The van der Waals surface area contributed by atoms with Crippen LogP contribution >= 0.6 is 0 Å². The summed E-state index contributed by atoms with van der Waals surface area (Å²) in [7, 11) is 0. The third kappa shape index (κ3) is 2.80. The van der Waals surface area contributed by atoms with E-state index < -0.39 is 11.4 Å². The number of fused-ring (bicyclic) bond motifs is 7. The summed E-state index contributed by atoms with van der Waals surface area (Å²) in [6, 6.07) is 0. The van der Waals surface area contributed by atoms with Gasteiger partial charge in [-0.05, 0) is 96.2 Å². The fourth-order valence-corrected chi connectivity index (χ4v) is 10.9. The van der Waals surface area contributed by atoms with Gasteiger partial charge in [-0.25, -0.2) is 0 Å². The maximum absolute atomic E-state index is 13.0. The molecule has 5 rings (SSSR count). The van der Waals surface area contributed by atoms with Crippen LogP contribution in [-0.4, -0.2) is 16.9 Å². The Morgan fingerprint density at radius 2 is 1.64 bits per heavy atom. The summed E-state index contributed by atoms with van der Waals surface area (Å²) in [5, 5.41) is 10.5. The molecule has 33 heavy (non-hydrogen) atoms. The van der Waals surface area contributed by atoms with Crippen molar-refractivity contribution in [3.63, 3.8) is 0 Å². The average molecular weight is 455 g/mol. The monoisotopic (exact) mass is 454 g/mol. The minimum Gasteiger partial charge on any atom is -0.481 e. The summed E-state index contributed by atoms with van der Waals surface area (Å²) in [6.45, 7) is 16.8. The molecule has 9 atom stereocenters. The summed E-state index contributed by atoms with van der Waals surface area (Å²) >= 11 is 0. The molecule has 0 aromatic rings. The Balaban J connectivity index is 1.63. The molecule has 4 saturated carbocycles.